The van der Waals surface area contributed by atoms with Crippen molar-refractivity contribution in [2.24, 2.45) is 5.73 Å². The molecule has 0 bridgehead atoms. The van der Waals surface area contributed by atoms with E-state index in [2.05, 4.69) is 0 Å². The summed E-state index contributed by atoms with van der Waals surface area (Å²) < 4.78 is 5.87. The second kappa shape index (κ2) is 5.81. The molecule has 2 aromatic carbocycles. The molecule has 4 heteroatoms. The lowest BCUT2D eigenvalue weighted by molar-refractivity contribution is 0.0960. The molecule has 2 aromatic rings. The number of carbonyl (C=O) groups excluding carboxylic acids is 1. The van der Waals surface area contributed by atoms with Crippen LogP contribution in [0, 0.1) is 6.92 Å². The number of carbonyl (C=O) groups is 1. The molecule has 2 N–H and O–H groups in total. The summed E-state index contributed by atoms with van der Waals surface area (Å²) in [4.78, 5) is 14.7. The molecule has 1 atom stereocenters. The SMILES string of the molecule is Cc1ccccc1C(=O)N1CC(C)Oc2cc(CN)ccc21. The maximum Gasteiger partial charge on any atom is 0.258 e. The molecule has 3 rings (SSSR count). The molecule has 1 aliphatic heterocycles. The Morgan fingerprint density at radius 3 is 2.82 bits per heavy atom. The van der Waals surface area contributed by atoms with Gasteiger partial charge in [0.2, 0.25) is 0 Å². The maximum absolute atomic E-state index is 12.9. The first-order valence-electron chi connectivity index (χ1n) is 7.47. The molecule has 0 fully saturated rings. The van der Waals surface area contributed by atoms with E-state index in [1.165, 1.54) is 0 Å². The zero-order chi connectivity index (χ0) is 15.7. The van der Waals surface area contributed by atoms with Crippen LogP contribution in [-0.4, -0.2) is 18.6 Å². The van der Waals surface area contributed by atoms with E-state index in [9.17, 15) is 4.79 Å². The van der Waals surface area contributed by atoms with E-state index in [0.717, 1.165) is 28.1 Å². The van der Waals surface area contributed by atoms with Crippen LogP contribution in [-0.2, 0) is 6.54 Å². The van der Waals surface area contributed by atoms with Crippen molar-refractivity contribution in [3.63, 3.8) is 0 Å². The fourth-order valence-corrected chi connectivity index (χ4v) is 2.76. The fraction of sp³-hybridized carbons (Fsp3) is 0.278. The Balaban J connectivity index is 2.02. The highest BCUT2D eigenvalue weighted by Gasteiger charge is 2.29. The largest absolute Gasteiger partial charge is 0.487 e. The Labute approximate surface area is 130 Å². The predicted octanol–water partition coefficient (Wildman–Crippen LogP) is 2.88. The second-order valence-corrected chi connectivity index (χ2v) is 5.67. The summed E-state index contributed by atoms with van der Waals surface area (Å²) in [7, 11) is 0. The van der Waals surface area contributed by atoms with Crippen molar-refractivity contribution < 1.29 is 9.53 Å². The lowest BCUT2D eigenvalue weighted by Gasteiger charge is -2.34. The van der Waals surface area contributed by atoms with Gasteiger partial charge in [-0.3, -0.25) is 4.79 Å². The highest BCUT2D eigenvalue weighted by Crippen LogP contribution is 2.35. The topological polar surface area (TPSA) is 55.6 Å². The standard InChI is InChI=1S/C18H20N2O2/c1-12-5-3-4-6-15(12)18(21)20-11-13(2)22-17-9-14(10-19)7-8-16(17)20/h3-9,13H,10-11,19H2,1-2H3. The zero-order valence-corrected chi connectivity index (χ0v) is 12.9. The highest BCUT2D eigenvalue weighted by atomic mass is 16.5. The summed E-state index contributed by atoms with van der Waals surface area (Å²) in [6.45, 7) is 4.92. The van der Waals surface area contributed by atoms with Gasteiger partial charge in [-0.05, 0) is 43.2 Å². The Hall–Kier alpha value is -2.33. The van der Waals surface area contributed by atoms with Crippen LogP contribution in [0.5, 0.6) is 5.75 Å². The molecular weight excluding hydrogens is 276 g/mol. The number of fused-ring (bicyclic) bond motifs is 1. The first-order chi connectivity index (χ1) is 10.6. The van der Waals surface area contributed by atoms with E-state index >= 15 is 0 Å². The Morgan fingerprint density at radius 1 is 1.32 bits per heavy atom. The molecule has 0 spiro atoms. The van der Waals surface area contributed by atoms with Crippen LogP contribution in [0.15, 0.2) is 42.5 Å². The molecule has 0 radical (unpaired) electrons. The van der Waals surface area contributed by atoms with E-state index in [1.54, 1.807) is 4.90 Å². The molecule has 0 aliphatic carbocycles. The third-order valence-corrected chi connectivity index (χ3v) is 3.94. The van der Waals surface area contributed by atoms with Gasteiger partial charge in [0.15, 0.2) is 0 Å². The van der Waals surface area contributed by atoms with E-state index < -0.39 is 0 Å². The molecular formula is C18H20N2O2. The molecule has 0 aromatic heterocycles. The van der Waals surface area contributed by atoms with Crippen LogP contribution < -0.4 is 15.4 Å². The lowest BCUT2D eigenvalue weighted by Crippen LogP contribution is -2.42. The maximum atomic E-state index is 12.9. The number of benzene rings is 2. The van der Waals surface area contributed by atoms with Crippen LogP contribution in [0.25, 0.3) is 0 Å². The van der Waals surface area contributed by atoms with Crippen molar-refractivity contribution in [1.29, 1.82) is 0 Å². The van der Waals surface area contributed by atoms with Gasteiger partial charge in [-0.2, -0.15) is 0 Å². The van der Waals surface area contributed by atoms with E-state index in [0.29, 0.717) is 13.1 Å². The van der Waals surface area contributed by atoms with Crippen LogP contribution >= 0.6 is 0 Å². The van der Waals surface area contributed by atoms with Crippen molar-refractivity contribution in [2.45, 2.75) is 26.5 Å². The van der Waals surface area contributed by atoms with Gasteiger partial charge < -0.3 is 15.4 Å². The van der Waals surface area contributed by atoms with Crippen LogP contribution in [0.3, 0.4) is 0 Å². The normalized spacial score (nSPS) is 16.9. The van der Waals surface area contributed by atoms with Gasteiger partial charge in [0, 0.05) is 12.1 Å². The molecule has 22 heavy (non-hydrogen) atoms. The summed E-state index contributed by atoms with van der Waals surface area (Å²) in [6, 6.07) is 13.4. The number of hydrogen-bond donors (Lipinski definition) is 1. The van der Waals surface area contributed by atoms with Gasteiger partial charge in [0.05, 0.1) is 12.2 Å². The fourth-order valence-electron chi connectivity index (χ4n) is 2.76. The lowest BCUT2D eigenvalue weighted by atomic mass is 10.1. The molecule has 1 aliphatic rings. The average molecular weight is 296 g/mol. The van der Waals surface area contributed by atoms with Gasteiger partial charge in [-0.15, -0.1) is 0 Å². The van der Waals surface area contributed by atoms with Gasteiger partial charge in [0.25, 0.3) is 5.91 Å². The number of anilines is 1. The molecule has 0 saturated heterocycles. The quantitative estimate of drug-likeness (QED) is 0.927. The number of amides is 1. The Kier molecular flexibility index (Phi) is 3.86. The number of nitrogens with zero attached hydrogens (tertiary/aromatic N) is 1. The molecule has 1 heterocycles. The zero-order valence-electron chi connectivity index (χ0n) is 12.9. The van der Waals surface area contributed by atoms with Crippen molar-refractivity contribution in [2.75, 3.05) is 11.4 Å². The molecule has 4 nitrogen and oxygen atoms in total. The highest BCUT2D eigenvalue weighted by molar-refractivity contribution is 6.08. The monoisotopic (exact) mass is 296 g/mol. The summed E-state index contributed by atoms with van der Waals surface area (Å²) >= 11 is 0. The van der Waals surface area contributed by atoms with Gasteiger partial charge in [-0.1, -0.05) is 24.3 Å². The first-order valence-corrected chi connectivity index (χ1v) is 7.47. The minimum absolute atomic E-state index is 0.00926. The Bertz CT molecular complexity index is 712. The van der Waals surface area contributed by atoms with Gasteiger partial charge in [-0.25, -0.2) is 0 Å². The number of hydrogen-bond acceptors (Lipinski definition) is 3. The first kappa shape index (κ1) is 14.6. The van der Waals surface area contributed by atoms with Gasteiger partial charge in [0.1, 0.15) is 11.9 Å². The van der Waals surface area contributed by atoms with Crippen molar-refractivity contribution in [1.82, 2.24) is 0 Å². The number of rotatable bonds is 2. The molecule has 114 valence electrons. The molecule has 0 saturated carbocycles. The van der Waals surface area contributed by atoms with Crippen LogP contribution in [0.1, 0.15) is 28.4 Å². The van der Waals surface area contributed by atoms with Crippen LogP contribution in [0.4, 0.5) is 5.69 Å². The minimum atomic E-state index is -0.0477. The van der Waals surface area contributed by atoms with E-state index in [4.69, 9.17) is 10.5 Å². The van der Waals surface area contributed by atoms with Crippen LogP contribution in [0.2, 0.25) is 0 Å². The number of nitrogens with two attached hydrogens (primary N) is 1. The van der Waals surface area contributed by atoms with Gasteiger partial charge >= 0.3 is 0 Å². The second-order valence-electron chi connectivity index (χ2n) is 5.67. The smallest absolute Gasteiger partial charge is 0.258 e. The minimum Gasteiger partial charge on any atom is -0.487 e. The van der Waals surface area contributed by atoms with E-state index in [1.807, 2.05) is 56.3 Å². The summed E-state index contributed by atoms with van der Waals surface area (Å²) in [5.41, 5.74) is 9.20. The summed E-state index contributed by atoms with van der Waals surface area (Å²) in [5, 5.41) is 0. The predicted molar refractivity (Wildman–Crippen MR) is 87.3 cm³/mol. The molecule has 1 amide bonds. The average Bonchev–Trinajstić information content (AvgIpc) is 2.53. The number of aryl methyl sites for hydroxylation is 1. The summed E-state index contributed by atoms with van der Waals surface area (Å²) in [6.07, 6.45) is -0.0477. The number of ether oxygens (including phenoxy) is 1. The van der Waals surface area contributed by atoms with Crippen molar-refractivity contribution >= 4 is 11.6 Å². The molecule has 1 unspecified atom stereocenters. The Morgan fingerprint density at radius 2 is 2.09 bits per heavy atom. The summed E-state index contributed by atoms with van der Waals surface area (Å²) in [5.74, 6) is 0.735. The third-order valence-electron chi connectivity index (χ3n) is 3.94. The van der Waals surface area contributed by atoms with E-state index in [-0.39, 0.29) is 12.0 Å². The third kappa shape index (κ3) is 2.57. The van der Waals surface area contributed by atoms with Crippen molar-refractivity contribution in [3.05, 3.63) is 59.2 Å². The van der Waals surface area contributed by atoms with Crippen molar-refractivity contribution in [3.8, 4) is 5.75 Å².